The standard InChI is InChI=1S/C28H18N2O2/c1-3-7-25-23(5-1)29-27(31-25)15-11-19-9-13-22-18-20(10-14-21(22)17-19)12-16-28-30-24-6-2-4-8-26(24)32-28/h1-18H/b15-11+,16-12+. The zero-order valence-electron chi connectivity index (χ0n) is 17.1. The summed E-state index contributed by atoms with van der Waals surface area (Å²) >= 11 is 0. The Morgan fingerprint density at radius 2 is 0.969 bits per heavy atom. The Labute approximate surface area is 184 Å². The van der Waals surface area contributed by atoms with Crippen LogP contribution in [0, 0.1) is 0 Å². The third-order valence-electron chi connectivity index (χ3n) is 5.35. The van der Waals surface area contributed by atoms with Crippen LogP contribution in [0.2, 0.25) is 0 Å². The molecule has 0 aliphatic heterocycles. The Morgan fingerprint density at radius 3 is 1.44 bits per heavy atom. The summed E-state index contributed by atoms with van der Waals surface area (Å²) in [4.78, 5) is 8.97. The number of hydrogen-bond acceptors (Lipinski definition) is 4. The third-order valence-corrected chi connectivity index (χ3v) is 5.35. The first-order valence-electron chi connectivity index (χ1n) is 10.4. The Kier molecular flexibility index (Phi) is 4.40. The van der Waals surface area contributed by atoms with Crippen LogP contribution >= 0.6 is 0 Å². The topological polar surface area (TPSA) is 52.1 Å². The van der Waals surface area contributed by atoms with Crippen molar-refractivity contribution in [2.75, 3.05) is 0 Å². The second kappa shape index (κ2) is 7.67. The number of hydrogen-bond donors (Lipinski definition) is 0. The molecule has 0 fully saturated rings. The molecular formula is C28H18N2O2. The lowest BCUT2D eigenvalue weighted by Gasteiger charge is -2.01. The fourth-order valence-electron chi connectivity index (χ4n) is 3.75. The molecule has 0 unspecified atom stereocenters. The van der Waals surface area contributed by atoms with Gasteiger partial charge in [-0.05, 0) is 70.4 Å². The lowest BCUT2D eigenvalue weighted by atomic mass is 10.0. The summed E-state index contributed by atoms with van der Waals surface area (Å²) in [5.74, 6) is 1.21. The van der Waals surface area contributed by atoms with Crippen molar-refractivity contribution < 1.29 is 8.83 Å². The molecule has 0 spiro atoms. The van der Waals surface area contributed by atoms with Gasteiger partial charge in [-0.25, -0.2) is 9.97 Å². The van der Waals surface area contributed by atoms with Crippen LogP contribution < -0.4 is 0 Å². The smallest absolute Gasteiger partial charge is 0.220 e. The molecule has 6 aromatic rings. The second-order valence-electron chi connectivity index (χ2n) is 7.57. The van der Waals surface area contributed by atoms with Crippen molar-refractivity contribution in [3.8, 4) is 0 Å². The van der Waals surface area contributed by atoms with Crippen LogP contribution in [0.1, 0.15) is 22.9 Å². The van der Waals surface area contributed by atoms with Gasteiger partial charge in [-0.1, -0.05) is 48.5 Å². The van der Waals surface area contributed by atoms with E-state index in [0.29, 0.717) is 11.8 Å². The summed E-state index contributed by atoms with van der Waals surface area (Å²) < 4.78 is 11.5. The maximum Gasteiger partial charge on any atom is 0.220 e. The van der Waals surface area contributed by atoms with Gasteiger partial charge in [-0.15, -0.1) is 0 Å². The van der Waals surface area contributed by atoms with Crippen molar-refractivity contribution in [1.29, 1.82) is 0 Å². The van der Waals surface area contributed by atoms with Crippen LogP contribution in [0.3, 0.4) is 0 Å². The summed E-state index contributed by atoms with van der Waals surface area (Å²) in [5.41, 5.74) is 5.51. The molecule has 4 aromatic carbocycles. The second-order valence-corrected chi connectivity index (χ2v) is 7.57. The van der Waals surface area contributed by atoms with Crippen molar-refractivity contribution in [2.24, 2.45) is 0 Å². The zero-order valence-corrected chi connectivity index (χ0v) is 17.1. The number of para-hydroxylation sites is 4. The van der Waals surface area contributed by atoms with Crippen LogP contribution in [0.25, 0.3) is 57.3 Å². The summed E-state index contributed by atoms with van der Waals surface area (Å²) in [5, 5.41) is 2.34. The lowest BCUT2D eigenvalue weighted by molar-refractivity contribution is 0.589. The summed E-state index contributed by atoms with van der Waals surface area (Å²) in [6.45, 7) is 0. The fourth-order valence-corrected chi connectivity index (χ4v) is 3.75. The molecule has 0 saturated heterocycles. The lowest BCUT2D eigenvalue weighted by Crippen LogP contribution is -1.79. The molecule has 4 heteroatoms. The highest BCUT2D eigenvalue weighted by Gasteiger charge is 2.03. The molecule has 32 heavy (non-hydrogen) atoms. The van der Waals surface area contributed by atoms with E-state index in [4.69, 9.17) is 8.83 Å². The minimum Gasteiger partial charge on any atom is -0.437 e. The van der Waals surface area contributed by atoms with E-state index < -0.39 is 0 Å². The van der Waals surface area contributed by atoms with Crippen molar-refractivity contribution >= 4 is 57.3 Å². The molecule has 0 radical (unpaired) electrons. The molecule has 2 aromatic heterocycles. The average Bonchev–Trinajstić information content (AvgIpc) is 3.44. The summed E-state index contributed by atoms with van der Waals surface area (Å²) in [7, 11) is 0. The highest BCUT2D eigenvalue weighted by Crippen LogP contribution is 2.22. The minimum atomic E-state index is 0.603. The van der Waals surface area contributed by atoms with Crippen LogP contribution in [0.15, 0.2) is 93.8 Å². The van der Waals surface area contributed by atoms with Crippen molar-refractivity contribution in [2.45, 2.75) is 0 Å². The van der Waals surface area contributed by atoms with Crippen LogP contribution in [0.5, 0.6) is 0 Å². The van der Waals surface area contributed by atoms with Gasteiger partial charge in [0.05, 0.1) is 0 Å². The predicted molar refractivity (Wildman–Crippen MR) is 130 cm³/mol. The first kappa shape index (κ1) is 18.3. The largest absolute Gasteiger partial charge is 0.437 e. The molecule has 0 atom stereocenters. The van der Waals surface area contributed by atoms with E-state index in [0.717, 1.165) is 33.3 Å². The molecule has 0 N–H and O–H groups in total. The molecular weight excluding hydrogens is 396 g/mol. The van der Waals surface area contributed by atoms with E-state index in [1.165, 1.54) is 10.8 Å². The van der Waals surface area contributed by atoms with Gasteiger partial charge in [0.2, 0.25) is 11.8 Å². The Morgan fingerprint density at radius 1 is 0.500 bits per heavy atom. The number of nitrogens with zero attached hydrogens (tertiary/aromatic N) is 2. The molecule has 6 rings (SSSR count). The maximum atomic E-state index is 5.76. The van der Waals surface area contributed by atoms with Gasteiger partial charge >= 0.3 is 0 Å². The Balaban J connectivity index is 1.23. The molecule has 0 saturated carbocycles. The Hall–Kier alpha value is -4.44. The quantitative estimate of drug-likeness (QED) is 0.300. The molecule has 0 bridgehead atoms. The summed E-state index contributed by atoms with van der Waals surface area (Å²) in [6, 6.07) is 28.3. The van der Waals surface area contributed by atoms with Gasteiger partial charge in [0.15, 0.2) is 11.2 Å². The van der Waals surface area contributed by atoms with E-state index >= 15 is 0 Å². The van der Waals surface area contributed by atoms with Gasteiger partial charge in [-0.2, -0.15) is 0 Å². The maximum absolute atomic E-state index is 5.76. The molecule has 152 valence electrons. The fraction of sp³-hybridized carbons (Fsp3) is 0. The number of aromatic nitrogens is 2. The molecule has 0 amide bonds. The van der Waals surface area contributed by atoms with Crippen LogP contribution in [0.4, 0.5) is 0 Å². The van der Waals surface area contributed by atoms with Gasteiger partial charge in [-0.3, -0.25) is 0 Å². The molecule has 4 nitrogen and oxygen atoms in total. The van der Waals surface area contributed by atoms with E-state index in [1.54, 1.807) is 0 Å². The van der Waals surface area contributed by atoms with Gasteiger partial charge in [0.1, 0.15) is 11.0 Å². The first-order chi connectivity index (χ1) is 15.8. The SMILES string of the molecule is C(=C\c1nc2ccccc2o1)/c1ccc2cc(/C=C/c3nc4ccccc4o3)ccc2c1. The van der Waals surface area contributed by atoms with E-state index in [1.807, 2.05) is 72.8 Å². The van der Waals surface area contributed by atoms with Crippen molar-refractivity contribution in [1.82, 2.24) is 9.97 Å². The average molecular weight is 414 g/mol. The number of fused-ring (bicyclic) bond motifs is 3. The Bertz CT molecular complexity index is 1450. The molecule has 0 aliphatic carbocycles. The van der Waals surface area contributed by atoms with Crippen molar-refractivity contribution in [3.63, 3.8) is 0 Å². The first-order valence-corrected chi connectivity index (χ1v) is 10.4. The number of benzene rings is 4. The number of oxazole rings is 2. The molecule has 2 heterocycles. The monoisotopic (exact) mass is 414 g/mol. The van der Waals surface area contributed by atoms with Crippen molar-refractivity contribution in [3.05, 3.63) is 108 Å². The highest BCUT2D eigenvalue weighted by atomic mass is 16.4. The third kappa shape index (κ3) is 3.59. The minimum absolute atomic E-state index is 0.603. The normalized spacial score (nSPS) is 12.1. The predicted octanol–water partition coefficient (Wildman–Crippen LogP) is 7.46. The van der Waals surface area contributed by atoms with Crippen LogP contribution in [-0.4, -0.2) is 9.97 Å². The zero-order chi connectivity index (χ0) is 21.3. The van der Waals surface area contributed by atoms with E-state index in [9.17, 15) is 0 Å². The highest BCUT2D eigenvalue weighted by molar-refractivity contribution is 5.88. The van der Waals surface area contributed by atoms with Gasteiger partial charge in [0, 0.05) is 12.2 Å². The van der Waals surface area contributed by atoms with Crippen LogP contribution in [-0.2, 0) is 0 Å². The van der Waals surface area contributed by atoms with E-state index in [2.05, 4.69) is 46.4 Å². The van der Waals surface area contributed by atoms with Gasteiger partial charge in [0.25, 0.3) is 0 Å². The van der Waals surface area contributed by atoms with E-state index in [-0.39, 0.29) is 0 Å². The number of rotatable bonds is 4. The summed E-state index contributed by atoms with van der Waals surface area (Å²) in [6.07, 6.45) is 7.84. The molecule has 0 aliphatic rings. The van der Waals surface area contributed by atoms with Gasteiger partial charge < -0.3 is 8.83 Å².